The minimum absolute atomic E-state index is 0.0458. The molecule has 2 aliphatic heterocycles. The summed E-state index contributed by atoms with van der Waals surface area (Å²) in [6.07, 6.45) is 2.05. The van der Waals surface area contributed by atoms with E-state index in [1.807, 2.05) is 10.8 Å². The number of nitrogens with zero attached hydrogens (tertiary/aromatic N) is 1. The SMILES string of the molecule is C[C@@H]1C(=O)O[C@H]2CCn3ccc(c32)COC(=O)[C@@](C)(O)[C@@]1(C)O. The van der Waals surface area contributed by atoms with Crippen molar-refractivity contribution in [2.24, 2.45) is 5.92 Å². The normalized spacial score (nSPS) is 37.6. The lowest BCUT2D eigenvalue weighted by Crippen LogP contribution is -2.61. The Balaban J connectivity index is 2.04. The second-order valence-electron chi connectivity index (χ2n) is 6.65. The second kappa shape index (κ2) is 5.07. The highest BCUT2D eigenvalue weighted by molar-refractivity contribution is 5.83. The molecule has 23 heavy (non-hydrogen) atoms. The van der Waals surface area contributed by atoms with Gasteiger partial charge in [-0.25, -0.2) is 4.79 Å². The number of cyclic esters (lactones) is 1. The van der Waals surface area contributed by atoms with Gasteiger partial charge in [0.1, 0.15) is 18.3 Å². The predicted octanol–water partition coefficient (Wildman–Crippen LogP) is 0.671. The molecule has 1 aromatic heterocycles. The quantitative estimate of drug-likeness (QED) is 0.681. The first-order valence-corrected chi connectivity index (χ1v) is 7.66. The molecule has 126 valence electrons. The Bertz CT molecular complexity index is 660. The summed E-state index contributed by atoms with van der Waals surface area (Å²) in [6, 6.07) is 1.80. The zero-order valence-electron chi connectivity index (χ0n) is 13.4. The molecule has 3 rings (SSSR count). The fourth-order valence-corrected chi connectivity index (χ4v) is 3.13. The summed E-state index contributed by atoms with van der Waals surface area (Å²) in [6.45, 7) is 4.48. The molecule has 0 saturated heterocycles. The Morgan fingerprint density at radius 2 is 2.00 bits per heavy atom. The minimum atomic E-state index is -2.24. The van der Waals surface area contributed by atoms with Crippen molar-refractivity contribution in [3.63, 3.8) is 0 Å². The summed E-state index contributed by atoms with van der Waals surface area (Å²) in [7, 11) is 0. The van der Waals surface area contributed by atoms with E-state index < -0.39 is 35.2 Å². The van der Waals surface area contributed by atoms with Gasteiger partial charge in [-0.3, -0.25) is 4.79 Å². The lowest BCUT2D eigenvalue weighted by molar-refractivity contribution is -0.207. The molecule has 3 heterocycles. The minimum Gasteiger partial charge on any atom is -0.459 e. The molecular formula is C16H21NO6. The Morgan fingerprint density at radius 1 is 1.30 bits per heavy atom. The second-order valence-corrected chi connectivity index (χ2v) is 6.65. The van der Waals surface area contributed by atoms with Gasteiger partial charge in [0.15, 0.2) is 5.60 Å². The van der Waals surface area contributed by atoms with E-state index in [4.69, 9.17) is 9.47 Å². The van der Waals surface area contributed by atoms with Crippen LogP contribution in [0.25, 0.3) is 0 Å². The number of esters is 2. The van der Waals surface area contributed by atoms with Crippen molar-refractivity contribution in [3.8, 4) is 0 Å². The Labute approximate surface area is 133 Å². The van der Waals surface area contributed by atoms with Gasteiger partial charge in [0.25, 0.3) is 0 Å². The van der Waals surface area contributed by atoms with Crippen LogP contribution in [-0.2, 0) is 32.2 Å². The molecule has 0 aromatic carbocycles. The van der Waals surface area contributed by atoms with Crippen LogP contribution in [0.3, 0.4) is 0 Å². The van der Waals surface area contributed by atoms with Crippen LogP contribution < -0.4 is 0 Å². The summed E-state index contributed by atoms with van der Waals surface area (Å²) in [5.74, 6) is -2.73. The van der Waals surface area contributed by atoms with E-state index in [-0.39, 0.29) is 6.61 Å². The molecule has 0 radical (unpaired) electrons. The Kier molecular flexibility index (Phi) is 3.53. The molecule has 2 N–H and O–H groups in total. The highest BCUT2D eigenvalue weighted by Gasteiger charge is 2.55. The van der Waals surface area contributed by atoms with Crippen molar-refractivity contribution < 1.29 is 29.3 Å². The lowest BCUT2D eigenvalue weighted by atomic mass is 9.76. The van der Waals surface area contributed by atoms with Crippen LogP contribution in [0.1, 0.15) is 44.6 Å². The third kappa shape index (κ3) is 2.26. The Hall–Kier alpha value is -1.86. The zero-order chi connectivity index (χ0) is 17.0. The molecule has 0 spiro atoms. The number of aromatic nitrogens is 1. The number of aryl methyl sites for hydroxylation is 1. The maximum atomic E-state index is 12.4. The summed E-state index contributed by atoms with van der Waals surface area (Å²) in [5, 5.41) is 21.1. The van der Waals surface area contributed by atoms with Crippen LogP contribution in [0.4, 0.5) is 0 Å². The molecule has 0 unspecified atom stereocenters. The fourth-order valence-electron chi connectivity index (χ4n) is 3.13. The number of aliphatic hydroxyl groups is 2. The standard InChI is InChI=1S/C16H21NO6/c1-9-13(18)23-11-5-7-17-6-4-10(12(11)17)8-22-14(19)16(3,21)15(9,2)20/h4,6,9,11,20-21H,5,7-8H2,1-3H3/t9-,11+,15+,16-/m1/s1. The number of carbonyl (C=O) groups is 2. The van der Waals surface area contributed by atoms with Crippen LogP contribution in [0, 0.1) is 5.92 Å². The number of hydrogen-bond acceptors (Lipinski definition) is 6. The first kappa shape index (κ1) is 16.0. The maximum absolute atomic E-state index is 12.4. The molecule has 0 saturated carbocycles. The molecule has 0 aliphatic carbocycles. The topological polar surface area (TPSA) is 98.0 Å². The van der Waals surface area contributed by atoms with Crippen LogP contribution in [0.15, 0.2) is 12.3 Å². The average molecular weight is 323 g/mol. The summed E-state index contributed by atoms with van der Waals surface area (Å²) < 4.78 is 12.7. The van der Waals surface area contributed by atoms with Crippen LogP contribution >= 0.6 is 0 Å². The van der Waals surface area contributed by atoms with Crippen molar-refractivity contribution in [1.82, 2.24) is 4.57 Å². The van der Waals surface area contributed by atoms with E-state index in [9.17, 15) is 19.8 Å². The van der Waals surface area contributed by atoms with Gasteiger partial charge in [-0.1, -0.05) is 0 Å². The van der Waals surface area contributed by atoms with E-state index in [2.05, 4.69) is 0 Å². The summed E-state index contributed by atoms with van der Waals surface area (Å²) in [5.41, 5.74) is -2.72. The number of carbonyl (C=O) groups excluding carboxylic acids is 2. The van der Waals surface area contributed by atoms with Crippen molar-refractivity contribution in [2.45, 2.75) is 57.6 Å². The van der Waals surface area contributed by atoms with Crippen LogP contribution in [0.5, 0.6) is 0 Å². The highest BCUT2D eigenvalue weighted by Crippen LogP contribution is 2.38. The third-order valence-corrected chi connectivity index (χ3v) is 5.23. The smallest absolute Gasteiger partial charge is 0.341 e. The monoisotopic (exact) mass is 323 g/mol. The molecule has 0 fully saturated rings. The molecular weight excluding hydrogens is 302 g/mol. The van der Waals surface area contributed by atoms with Gasteiger partial charge in [0.05, 0.1) is 11.6 Å². The van der Waals surface area contributed by atoms with Gasteiger partial charge < -0.3 is 24.3 Å². The molecule has 7 heteroatoms. The molecule has 1 aromatic rings. The highest BCUT2D eigenvalue weighted by atomic mass is 16.6. The fraction of sp³-hybridized carbons (Fsp3) is 0.625. The number of ether oxygens (including phenoxy) is 2. The maximum Gasteiger partial charge on any atom is 0.341 e. The van der Waals surface area contributed by atoms with Gasteiger partial charge >= 0.3 is 11.9 Å². The average Bonchev–Trinajstić information content (AvgIpc) is 3.06. The van der Waals surface area contributed by atoms with E-state index in [1.54, 1.807) is 6.07 Å². The van der Waals surface area contributed by atoms with Gasteiger partial charge in [0.2, 0.25) is 0 Å². The van der Waals surface area contributed by atoms with Crippen molar-refractivity contribution in [1.29, 1.82) is 0 Å². The van der Waals surface area contributed by atoms with Crippen LogP contribution in [-0.4, -0.2) is 37.9 Å². The first-order chi connectivity index (χ1) is 10.7. The van der Waals surface area contributed by atoms with Crippen molar-refractivity contribution >= 4 is 11.9 Å². The molecule has 7 nitrogen and oxygen atoms in total. The van der Waals surface area contributed by atoms with E-state index in [0.717, 1.165) is 18.2 Å². The van der Waals surface area contributed by atoms with E-state index >= 15 is 0 Å². The van der Waals surface area contributed by atoms with Crippen molar-refractivity contribution in [3.05, 3.63) is 23.5 Å². The van der Waals surface area contributed by atoms with Gasteiger partial charge in [-0.05, 0) is 26.8 Å². The molecule has 4 atom stereocenters. The van der Waals surface area contributed by atoms with E-state index in [1.165, 1.54) is 13.8 Å². The molecule has 2 aliphatic rings. The Morgan fingerprint density at radius 3 is 2.70 bits per heavy atom. The lowest BCUT2D eigenvalue weighted by Gasteiger charge is -2.39. The van der Waals surface area contributed by atoms with Gasteiger partial charge in [-0.15, -0.1) is 0 Å². The molecule has 0 amide bonds. The van der Waals surface area contributed by atoms with Gasteiger partial charge in [0, 0.05) is 24.7 Å². The number of rotatable bonds is 0. The predicted molar refractivity (Wildman–Crippen MR) is 78.1 cm³/mol. The first-order valence-electron chi connectivity index (χ1n) is 7.66. The number of hydrogen-bond donors (Lipinski definition) is 2. The van der Waals surface area contributed by atoms with Crippen molar-refractivity contribution in [2.75, 3.05) is 0 Å². The summed E-state index contributed by atoms with van der Waals surface area (Å²) in [4.78, 5) is 24.7. The van der Waals surface area contributed by atoms with E-state index in [0.29, 0.717) is 13.0 Å². The van der Waals surface area contributed by atoms with Crippen LogP contribution in [0.2, 0.25) is 0 Å². The third-order valence-electron chi connectivity index (χ3n) is 5.23. The summed E-state index contributed by atoms with van der Waals surface area (Å²) >= 11 is 0. The largest absolute Gasteiger partial charge is 0.459 e. The molecule has 0 bridgehead atoms. The zero-order valence-corrected chi connectivity index (χ0v) is 13.4. The van der Waals surface area contributed by atoms with Gasteiger partial charge in [-0.2, -0.15) is 0 Å².